The van der Waals surface area contributed by atoms with E-state index in [1.807, 2.05) is 13.8 Å². The summed E-state index contributed by atoms with van der Waals surface area (Å²) in [5, 5.41) is 2.71. The molecular formula is C15H21NO5. The average molecular weight is 295 g/mol. The highest BCUT2D eigenvalue weighted by Gasteiger charge is 2.20. The summed E-state index contributed by atoms with van der Waals surface area (Å²) in [4.78, 5) is 23.7. The fourth-order valence-electron chi connectivity index (χ4n) is 1.67. The van der Waals surface area contributed by atoms with Crippen LogP contribution < -0.4 is 14.8 Å². The summed E-state index contributed by atoms with van der Waals surface area (Å²) in [6, 6.07) is 4.98. The van der Waals surface area contributed by atoms with E-state index >= 15 is 0 Å². The van der Waals surface area contributed by atoms with Gasteiger partial charge < -0.3 is 19.5 Å². The third-order valence-corrected chi connectivity index (χ3v) is 2.99. The Morgan fingerprint density at radius 2 is 1.76 bits per heavy atom. The molecule has 0 fully saturated rings. The highest BCUT2D eigenvalue weighted by Crippen LogP contribution is 2.28. The lowest BCUT2D eigenvalue weighted by Crippen LogP contribution is -2.35. The fourth-order valence-corrected chi connectivity index (χ4v) is 1.67. The minimum atomic E-state index is -0.663. The van der Waals surface area contributed by atoms with Crippen LogP contribution in [0.5, 0.6) is 11.5 Å². The summed E-state index contributed by atoms with van der Waals surface area (Å²) in [5.41, 5.74) is 0.166. The normalized spacial score (nSPS) is 11.4. The van der Waals surface area contributed by atoms with Crippen molar-refractivity contribution in [1.29, 1.82) is 0 Å². The number of methoxy groups -OCH3 is 2. The summed E-state index contributed by atoms with van der Waals surface area (Å²) in [5.74, 6) is -0.335. The molecule has 0 aromatic heterocycles. The molecule has 0 heterocycles. The Labute approximate surface area is 124 Å². The zero-order valence-corrected chi connectivity index (χ0v) is 12.8. The van der Waals surface area contributed by atoms with E-state index < -0.39 is 5.97 Å². The molecular weight excluding hydrogens is 274 g/mol. The number of esters is 1. The molecule has 0 saturated carbocycles. The van der Waals surface area contributed by atoms with Gasteiger partial charge in [0.05, 0.1) is 14.2 Å². The molecule has 0 aliphatic heterocycles. The SMILES string of the molecule is CC[C@@H](C)NC(=O)COC(=O)c1c(OC)cccc1OC. The highest BCUT2D eigenvalue weighted by molar-refractivity contribution is 5.96. The number of hydrogen-bond donors (Lipinski definition) is 1. The zero-order chi connectivity index (χ0) is 15.8. The molecule has 1 N–H and O–H groups in total. The van der Waals surface area contributed by atoms with Crippen molar-refractivity contribution in [1.82, 2.24) is 5.32 Å². The van der Waals surface area contributed by atoms with Crippen molar-refractivity contribution in [3.05, 3.63) is 23.8 Å². The van der Waals surface area contributed by atoms with Gasteiger partial charge >= 0.3 is 5.97 Å². The van der Waals surface area contributed by atoms with E-state index in [-0.39, 0.29) is 24.1 Å². The summed E-state index contributed by atoms with van der Waals surface area (Å²) >= 11 is 0. The van der Waals surface area contributed by atoms with Crippen molar-refractivity contribution in [3.8, 4) is 11.5 Å². The van der Waals surface area contributed by atoms with Crippen LogP contribution in [0.25, 0.3) is 0 Å². The lowest BCUT2D eigenvalue weighted by molar-refractivity contribution is -0.124. The van der Waals surface area contributed by atoms with Crippen LogP contribution in [-0.2, 0) is 9.53 Å². The van der Waals surface area contributed by atoms with E-state index in [9.17, 15) is 9.59 Å². The second kappa shape index (κ2) is 8.14. The largest absolute Gasteiger partial charge is 0.496 e. The summed E-state index contributed by atoms with van der Waals surface area (Å²) in [6.45, 7) is 3.49. The van der Waals surface area contributed by atoms with E-state index in [2.05, 4.69) is 5.32 Å². The Kier molecular flexibility index (Phi) is 6.52. The van der Waals surface area contributed by atoms with Crippen molar-refractivity contribution < 1.29 is 23.8 Å². The third-order valence-electron chi connectivity index (χ3n) is 2.99. The molecule has 0 aliphatic rings. The molecule has 1 amide bonds. The Hall–Kier alpha value is -2.24. The van der Waals surface area contributed by atoms with Gasteiger partial charge in [-0.3, -0.25) is 4.79 Å². The minimum absolute atomic E-state index is 0.0389. The molecule has 0 bridgehead atoms. The Bertz CT molecular complexity index is 479. The molecule has 1 aromatic rings. The molecule has 0 spiro atoms. The first-order chi connectivity index (χ1) is 10.0. The van der Waals surface area contributed by atoms with Gasteiger partial charge in [0.15, 0.2) is 6.61 Å². The Balaban J connectivity index is 2.74. The van der Waals surface area contributed by atoms with Crippen molar-refractivity contribution in [3.63, 3.8) is 0 Å². The van der Waals surface area contributed by atoms with Crippen molar-refractivity contribution in [2.24, 2.45) is 0 Å². The molecule has 21 heavy (non-hydrogen) atoms. The van der Waals surface area contributed by atoms with Gasteiger partial charge in [0.1, 0.15) is 17.1 Å². The van der Waals surface area contributed by atoms with Gasteiger partial charge in [-0.05, 0) is 25.5 Å². The standard InChI is InChI=1S/C15H21NO5/c1-5-10(2)16-13(17)9-21-15(18)14-11(19-3)7-6-8-12(14)20-4/h6-8,10H,5,9H2,1-4H3,(H,16,17)/t10-/m1/s1. The lowest BCUT2D eigenvalue weighted by atomic mass is 10.2. The van der Waals surface area contributed by atoms with Gasteiger partial charge in [-0.15, -0.1) is 0 Å². The third kappa shape index (κ3) is 4.66. The highest BCUT2D eigenvalue weighted by atomic mass is 16.5. The summed E-state index contributed by atoms with van der Waals surface area (Å²) < 4.78 is 15.2. The quantitative estimate of drug-likeness (QED) is 0.776. The first kappa shape index (κ1) is 16.8. The molecule has 0 saturated heterocycles. The van der Waals surface area contributed by atoms with Crippen LogP contribution >= 0.6 is 0 Å². The minimum Gasteiger partial charge on any atom is -0.496 e. The molecule has 116 valence electrons. The van der Waals surface area contributed by atoms with E-state index in [4.69, 9.17) is 14.2 Å². The number of amides is 1. The van der Waals surface area contributed by atoms with Crippen molar-refractivity contribution in [2.45, 2.75) is 26.3 Å². The van der Waals surface area contributed by atoms with Crippen molar-refractivity contribution >= 4 is 11.9 Å². The van der Waals surface area contributed by atoms with E-state index in [0.29, 0.717) is 11.5 Å². The lowest BCUT2D eigenvalue weighted by Gasteiger charge is -2.14. The molecule has 0 unspecified atom stereocenters. The monoisotopic (exact) mass is 295 g/mol. The number of carbonyl (C=O) groups excluding carboxylic acids is 2. The molecule has 6 heteroatoms. The number of ether oxygens (including phenoxy) is 3. The van der Waals surface area contributed by atoms with Gasteiger partial charge in [-0.2, -0.15) is 0 Å². The summed E-state index contributed by atoms with van der Waals surface area (Å²) in [6.07, 6.45) is 0.806. The maximum atomic E-state index is 12.1. The molecule has 1 aromatic carbocycles. The Morgan fingerprint density at radius 1 is 1.19 bits per heavy atom. The second-order valence-corrected chi connectivity index (χ2v) is 4.49. The van der Waals surface area contributed by atoms with Crippen LogP contribution in [0.1, 0.15) is 30.6 Å². The smallest absolute Gasteiger partial charge is 0.346 e. The van der Waals surface area contributed by atoms with Crippen LogP contribution in [0.3, 0.4) is 0 Å². The average Bonchev–Trinajstić information content (AvgIpc) is 2.51. The first-order valence-corrected chi connectivity index (χ1v) is 6.70. The first-order valence-electron chi connectivity index (χ1n) is 6.70. The predicted octanol–water partition coefficient (Wildman–Crippen LogP) is 1.78. The molecule has 1 atom stereocenters. The van der Waals surface area contributed by atoms with Crippen LogP contribution in [0, 0.1) is 0 Å². The molecule has 0 radical (unpaired) electrons. The van der Waals surface area contributed by atoms with E-state index in [1.165, 1.54) is 14.2 Å². The molecule has 6 nitrogen and oxygen atoms in total. The number of hydrogen-bond acceptors (Lipinski definition) is 5. The fraction of sp³-hybridized carbons (Fsp3) is 0.467. The van der Waals surface area contributed by atoms with Gasteiger partial charge in [0.2, 0.25) is 0 Å². The topological polar surface area (TPSA) is 73.9 Å². The van der Waals surface area contributed by atoms with Crippen LogP contribution in [-0.4, -0.2) is 38.7 Å². The number of benzene rings is 1. The number of nitrogens with one attached hydrogen (secondary N) is 1. The van der Waals surface area contributed by atoms with Crippen molar-refractivity contribution in [2.75, 3.05) is 20.8 Å². The number of carbonyl (C=O) groups is 2. The summed E-state index contributed by atoms with van der Waals surface area (Å²) in [7, 11) is 2.89. The maximum Gasteiger partial charge on any atom is 0.346 e. The van der Waals surface area contributed by atoms with Gasteiger partial charge in [-0.25, -0.2) is 4.79 Å². The van der Waals surface area contributed by atoms with Gasteiger partial charge in [-0.1, -0.05) is 13.0 Å². The second-order valence-electron chi connectivity index (χ2n) is 4.49. The van der Waals surface area contributed by atoms with Gasteiger partial charge in [0, 0.05) is 6.04 Å². The van der Waals surface area contributed by atoms with Crippen LogP contribution in [0.15, 0.2) is 18.2 Å². The Morgan fingerprint density at radius 3 is 2.24 bits per heavy atom. The maximum absolute atomic E-state index is 12.1. The predicted molar refractivity (Wildman–Crippen MR) is 77.7 cm³/mol. The zero-order valence-electron chi connectivity index (χ0n) is 12.8. The van der Waals surface area contributed by atoms with E-state index in [0.717, 1.165) is 6.42 Å². The molecule has 0 aliphatic carbocycles. The van der Waals surface area contributed by atoms with Crippen LogP contribution in [0.4, 0.5) is 0 Å². The molecule has 1 rings (SSSR count). The van der Waals surface area contributed by atoms with Gasteiger partial charge in [0.25, 0.3) is 5.91 Å². The van der Waals surface area contributed by atoms with E-state index in [1.54, 1.807) is 18.2 Å². The van der Waals surface area contributed by atoms with Crippen LogP contribution in [0.2, 0.25) is 0 Å². The number of rotatable bonds is 7.